The van der Waals surface area contributed by atoms with E-state index < -0.39 is 0 Å². The number of aryl methyl sites for hydroxylation is 2. The first kappa shape index (κ1) is 16.5. The molecule has 0 aliphatic carbocycles. The fourth-order valence-corrected chi connectivity index (χ4v) is 2.96. The minimum Gasteiger partial charge on any atom is -0.384 e. The Kier molecular flexibility index (Phi) is 5.19. The molecule has 1 N–H and O–H groups in total. The number of likely N-dealkylation sites (tertiary alicyclic amines) is 1. The number of carbonyl (C=O) groups excluding carboxylic acids is 2. The van der Waals surface area contributed by atoms with E-state index in [0.717, 1.165) is 5.56 Å². The molecule has 1 fully saturated rings. The maximum atomic E-state index is 12.7. The quantitative estimate of drug-likeness (QED) is 0.914. The fourth-order valence-electron chi connectivity index (χ4n) is 2.96. The Hall–Kier alpha value is -1.88. The van der Waals surface area contributed by atoms with Crippen molar-refractivity contribution in [1.29, 1.82) is 0 Å². The molecular formula is C17H24N2O3. The van der Waals surface area contributed by atoms with Gasteiger partial charge in [-0.05, 0) is 37.1 Å². The number of nitrogens with zero attached hydrogens (tertiary/aromatic N) is 1. The van der Waals surface area contributed by atoms with Gasteiger partial charge in [-0.2, -0.15) is 0 Å². The summed E-state index contributed by atoms with van der Waals surface area (Å²) in [4.78, 5) is 26.4. The summed E-state index contributed by atoms with van der Waals surface area (Å²) in [6.45, 7) is 5.50. The maximum Gasteiger partial charge on any atom is 0.253 e. The number of nitrogens with one attached hydrogen (secondary N) is 1. The Morgan fingerprint density at radius 2 is 2.00 bits per heavy atom. The van der Waals surface area contributed by atoms with E-state index in [0.29, 0.717) is 25.3 Å². The van der Waals surface area contributed by atoms with E-state index in [1.54, 1.807) is 19.1 Å². The first-order valence-corrected chi connectivity index (χ1v) is 7.55. The summed E-state index contributed by atoms with van der Waals surface area (Å²) in [5.74, 6) is -0.214. The van der Waals surface area contributed by atoms with Crippen molar-refractivity contribution in [3.05, 3.63) is 34.9 Å². The molecule has 22 heavy (non-hydrogen) atoms. The third kappa shape index (κ3) is 3.30. The Morgan fingerprint density at radius 3 is 2.59 bits per heavy atom. The number of amides is 2. The SMILES string of the molecule is CNC(=O)[C@@H]1CN(C(=O)c2ccc(C)c(C)c2)C[C@H]1COC. The summed E-state index contributed by atoms with van der Waals surface area (Å²) in [6, 6.07) is 5.72. The van der Waals surface area contributed by atoms with Crippen LogP contribution >= 0.6 is 0 Å². The third-order valence-corrected chi connectivity index (χ3v) is 4.45. The highest BCUT2D eigenvalue weighted by Crippen LogP contribution is 2.26. The molecule has 1 saturated heterocycles. The van der Waals surface area contributed by atoms with Gasteiger partial charge in [-0.1, -0.05) is 6.07 Å². The number of benzene rings is 1. The van der Waals surface area contributed by atoms with Crippen molar-refractivity contribution in [1.82, 2.24) is 10.2 Å². The minimum atomic E-state index is -0.208. The van der Waals surface area contributed by atoms with Crippen molar-refractivity contribution in [2.75, 3.05) is 33.9 Å². The summed E-state index contributed by atoms with van der Waals surface area (Å²) in [7, 11) is 3.24. The van der Waals surface area contributed by atoms with Gasteiger partial charge in [0.2, 0.25) is 5.91 Å². The molecule has 1 aromatic carbocycles. The largest absolute Gasteiger partial charge is 0.384 e. The fraction of sp³-hybridized carbons (Fsp3) is 0.529. The van der Waals surface area contributed by atoms with Crippen molar-refractivity contribution in [3.63, 3.8) is 0 Å². The summed E-state index contributed by atoms with van der Waals surface area (Å²) in [5.41, 5.74) is 2.94. The summed E-state index contributed by atoms with van der Waals surface area (Å²) in [5, 5.41) is 2.68. The molecule has 0 saturated carbocycles. The topological polar surface area (TPSA) is 58.6 Å². The summed E-state index contributed by atoms with van der Waals surface area (Å²) in [6.07, 6.45) is 0. The molecule has 0 radical (unpaired) electrons. The molecule has 1 aromatic rings. The predicted molar refractivity (Wildman–Crippen MR) is 84.7 cm³/mol. The second kappa shape index (κ2) is 6.92. The van der Waals surface area contributed by atoms with Gasteiger partial charge in [0.15, 0.2) is 0 Å². The number of hydrogen-bond acceptors (Lipinski definition) is 3. The number of hydrogen-bond donors (Lipinski definition) is 1. The van der Waals surface area contributed by atoms with Crippen LogP contribution in [0.25, 0.3) is 0 Å². The van der Waals surface area contributed by atoms with E-state index in [4.69, 9.17) is 4.74 Å². The Balaban J connectivity index is 2.16. The van der Waals surface area contributed by atoms with Crippen LogP contribution in [0, 0.1) is 25.7 Å². The molecule has 5 nitrogen and oxygen atoms in total. The zero-order valence-corrected chi connectivity index (χ0v) is 13.7. The zero-order valence-electron chi connectivity index (χ0n) is 13.7. The van der Waals surface area contributed by atoms with E-state index in [-0.39, 0.29) is 23.7 Å². The van der Waals surface area contributed by atoms with Crippen LogP contribution in [0.2, 0.25) is 0 Å². The standard InChI is InChI=1S/C17H24N2O3/c1-11-5-6-13(7-12(11)2)17(21)19-8-14(10-22-4)15(9-19)16(20)18-3/h5-7,14-15H,8-10H2,1-4H3,(H,18,20)/t14-,15+/m0/s1. The molecule has 0 aromatic heterocycles. The van der Waals surface area contributed by atoms with E-state index in [1.165, 1.54) is 5.56 Å². The molecule has 120 valence electrons. The molecule has 0 spiro atoms. The van der Waals surface area contributed by atoms with E-state index >= 15 is 0 Å². The van der Waals surface area contributed by atoms with Crippen molar-refractivity contribution < 1.29 is 14.3 Å². The molecule has 5 heteroatoms. The van der Waals surface area contributed by atoms with Crippen LogP contribution in [0.1, 0.15) is 21.5 Å². The van der Waals surface area contributed by atoms with Gasteiger partial charge in [0, 0.05) is 38.7 Å². The Morgan fingerprint density at radius 1 is 1.27 bits per heavy atom. The van der Waals surface area contributed by atoms with Gasteiger partial charge in [0.1, 0.15) is 0 Å². The molecule has 2 rings (SSSR count). The smallest absolute Gasteiger partial charge is 0.253 e. The highest BCUT2D eigenvalue weighted by Gasteiger charge is 2.39. The number of rotatable bonds is 4. The lowest BCUT2D eigenvalue weighted by Crippen LogP contribution is -2.34. The maximum absolute atomic E-state index is 12.7. The lowest BCUT2D eigenvalue weighted by Gasteiger charge is -2.17. The van der Waals surface area contributed by atoms with Gasteiger partial charge < -0.3 is 15.0 Å². The molecule has 1 aliphatic rings. The Bertz CT molecular complexity index is 571. The van der Waals surface area contributed by atoms with Crippen LogP contribution in [-0.4, -0.2) is 50.6 Å². The first-order chi connectivity index (χ1) is 10.5. The third-order valence-electron chi connectivity index (χ3n) is 4.45. The first-order valence-electron chi connectivity index (χ1n) is 7.55. The van der Waals surface area contributed by atoms with Gasteiger partial charge in [-0.3, -0.25) is 9.59 Å². The number of methoxy groups -OCH3 is 1. The lowest BCUT2D eigenvalue weighted by molar-refractivity contribution is -0.125. The summed E-state index contributed by atoms with van der Waals surface area (Å²) < 4.78 is 5.20. The van der Waals surface area contributed by atoms with Gasteiger partial charge in [-0.15, -0.1) is 0 Å². The van der Waals surface area contributed by atoms with Crippen LogP contribution in [0.4, 0.5) is 0 Å². The van der Waals surface area contributed by atoms with Crippen molar-refractivity contribution >= 4 is 11.8 Å². The lowest BCUT2D eigenvalue weighted by atomic mass is 9.96. The molecule has 0 bridgehead atoms. The van der Waals surface area contributed by atoms with E-state index in [2.05, 4.69) is 5.32 Å². The normalized spacial score (nSPS) is 21.0. The Labute approximate surface area is 131 Å². The van der Waals surface area contributed by atoms with Crippen molar-refractivity contribution in [2.24, 2.45) is 11.8 Å². The van der Waals surface area contributed by atoms with Crippen LogP contribution in [0.15, 0.2) is 18.2 Å². The second-order valence-corrected chi connectivity index (χ2v) is 5.95. The second-order valence-electron chi connectivity index (χ2n) is 5.95. The van der Waals surface area contributed by atoms with Crippen LogP contribution in [0.5, 0.6) is 0 Å². The van der Waals surface area contributed by atoms with Crippen LogP contribution < -0.4 is 5.32 Å². The van der Waals surface area contributed by atoms with Gasteiger partial charge in [0.25, 0.3) is 5.91 Å². The van der Waals surface area contributed by atoms with Crippen molar-refractivity contribution in [2.45, 2.75) is 13.8 Å². The predicted octanol–water partition coefficient (Wildman–Crippen LogP) is 1.38. The number of ether oxygens (including phenoxy) is 1. The van der Waals surface area contributed by atoms with Gasteiger partial charge in [0.05, 0.1) is 12.5 Å². The molecular weight excluding hydrogens is 280 g/mol. The van der Waals surface area contributed by atoms with Gasteiger partial charge >= 0.3 is 0 Å². The zero-order chi connectivity index (χ0) is 16.3. The molecule has 1 heterocycles. The minimum absolute atomic E-state index is 0.0180. The highest BCUT2D eigenvalue weighted by atomic mass is 16.5. The molecule has 2 atom stereocenters. The monoisotopic (exact) mass is 304 g/mol. The molecule has 0 unspecified atom stereocenters. The number of carbonyl (C=O) groups is 2. The highest BCUT2D eigenvalue weighted by molar-refractivity contribution is 5.95. The van der Waals surface area contributed by atoms with Gasteiger partial charge in [-0.25, -0.2) is 0 Å². The molecule has 1 aliphatic heterocycles. The average Bonchev–Trinajstić information content (AvgIpc) is 2.93. The average molecular weight is 304 g/mol. The van der Waals surface area contributed by atoms with Crippen molar-refractivity contribution in [3.8, 4) is 0 Å². The summed E-state index contributed by atoms with van der Waals surface area (Å²) >= 11 is 0. The molecule has 2 amide bonds. The van der Waals surface area contributed by atoms with Crippen LogP contribution in [-0.2, 0) is 9.53 Å². The van der Waals surface area contributed by atoms with E-state index in [1.807, 2.05) is 32.0 Å². The van der Waals surface area contributed by atoms with E-state index in [9.17, 15) is 9.59 Å². The van der Waals surface area contributed by atoms with Crippen LogP contribution in [0.3, 0.4) is 0 Å².